The Morgan fingerprint density at radius 2 is 2.36 bits per heavy atom. The standard InChI is InChI=1S/C8H12ClNO/c9-4-8(11)10-5-6-1-2-7(10)3-6/h6-7H,1-5H2. The quantitative estimate of drug-likeness (QED) is 0.547. The molecule has 0 spiro atoms. The number of hydrogen-bond donors (Lipinski definition) is 0. The lowest BCUT2D eigenvalue weighted by molar-refractivity contribution is -0.130. The zero-order valence-electron chi connectivity index (χ0n) is 6.42. The molecule has 62 valence electrons. The minimum atomic E-state index is 0.124. The number of piperidine rings is 1. The molecule has 0 N–H and O–H groups in total. The molecule has 2 bridgehead atoms. The summed E-state index contributed by atoms with van der Waals surface area (Å²) in [5.41, 5.74) is 0. The third kappa shape index (κ3) is 1.13. The smallest absolute Gasteiger partial charge is 0.237 e. The van der Waals surface area contributed by atoms with Crippen LogP contribution in [0.4, 0.5) is 0 Å². The number of carbonyl (C=O) groups excluding carboxylic acids is 1. The van der Waals surface area contributed by atoms with Crippen molar-refractivity contribution in [3.63, 3.8) is 0 Å². The molecule has 1 amide bonds. The van der Waals surface area contributed by atoms with E-state index in [0.717, 1.165) is 12.5 Å². The lowest BCUT2D eigenvalue weighted by atomic mass is 10.1. The monoisotopic (exact) mass is 173 g/mol. The van der Waals surface area contributed by atoms with Gasteiger partial charge in [0.2, 0.25) is 5.91 Å². The molecule has 1 aliphatic heterocycles. The van der Waals surface area contributed by atoms with Crippen LogP contribution in [0.15, 0.2) is 0 Å². The minimum absolute atomic E-state index is 0.124. The van der Waals surface area contributed by atoms with Crippen LogP contribution in [-0.2, 0) is 4.79 Å². The number of alkyl halides is 1. The Morgan fingerprint density at radius 3 is 2.82 bits per heavy atom. The fourth-order valence-corrected chi connectivity index (χ4v) is 2.46. The highest BCUT2D eigenvalue weighted by atomic mass is 35.5. The number of nitrogens with zero attached hydrogens (tertiary/aromatic N) is 1. The third-order valence-electron chi connectivity index (χ3n) is 2.84. The van der Waals surface area contributed by atoms with Gasteiger partial charge in [-0.3, -0.25) is 4.79 Å². The normalized spacial score (nSPS) is 34.8. The van der Waals surface area contributed by atoms with E-state index in [9.17, 15) is 4.79 Å². The second-order valence-corrected chi connectivity index (χ2v) is 3.78. The third-order valence-corrected chi connectivity index (χ3v) is 3.07. The van der Waals surface area contributed by atoms with E-state index >= 15 is 0 Å². The molecular weight excluding hydrogens is 162 g/mol. The molecule has 2 fully saturated rings. The van der Waals surface area contributed by atoms with E-state index in [2.05, 4.69) is 0 Å². The summed E-state index contributed by atoms with van der Waals surface area (Å²) in [7, 11) is 0. The summed E-state index contributed by atoms with van der Waals surface area (Å²) in [6.45, 7) is 0.968. The minimum Gasteiger partial charge on any atom is -0.338 e. The van der Waals surface area contributed by atoms with Crippen LogP contribution in [0.1, 0.15) is 19.3 Å². The Kier molecular flexibility index (Phi) is 1.80. The number of rotatable bonds is 1. The molecule has 0 aromatic heterocycles. The lowest BCUT2D eigenvalue weighted by Gasteiger charge is -2.25. The summed E-state index contributed by atoms with van der Waals surface area (Å²) in [4.78, 5) is 13.2. The summed E-state index contributed by atoms with van der Waals surface area (Å²) in [5.74, 6) is 1.06. The second-order valence-electron chi connectivity index (χ2n) is 3.51. The summed E-state index contributed by atoms with van der Waals surface area (Å²) in [6.07, 6.45) is 3.74. The van der Waals surface area contributed by atoms with Gasteiger partial charge in [0.1, 0.15) is 5.88 Å². The lowest BCUT2D eigenvalue weighted by Crippen LogP contribution is -2.38. The van der Waals surface area contributed by atoms with Gasteiger partial charge in [-0.25, -0.2) is 0 Å². The van der Waals surface area contributed by atoms with Gasteiger partial charge >= 0.3 is 0 Å². The van der Waals surface area contributed by atoms with E-state index in [4.69, 9.17) is 11.6 Å². The molecule has 1 heterocycles. The molecule has 3 heteroatoms. The first-order chi connectivity index (χ1) is 5.31. The van der Waals surface area contributed by atoms with E-state index in [0.29, 0.717) is 6.04 Å². The molecule has 0 radical (unpaired) electrons. The van der Waals surface area contributed by atoms with Crippen molar-refractivity contribution < 1.29 is 4.79 Å². The van der Waals surface area contributed by atoms with E-state index < -0.39 is 0 Å². The van der Waals surface area contributed by atoms with Crippen molar-refractivity contribution in [3.05, 3.63) is 0 Å². The highest BCUT2D eigenvalue weighted by Crippen LogP contribution is 2.37. The topological polar surface area (TPSA) is 20.3 Å². The van der Waals surface area contributed by atoms with Crippen molar-refractivity contribution in [1.82, 2.24) is 4.90 Å². The summed E-state index contributed by atoms with van der Waals surface area (Å²) in [6, 6.07) is 0.534. The Labute approximate surface area is 71.5 Å². The molecule has 0 aromatic carbocycles. The van der Waals surface area contributed by atoms with Gasteiger partial charge in [0.15, 0.2) is 0 Å². The Morgan fingerprint density at radius 1 is 1.55 bits per heavy atom. The van der Waals surface area contributed by atoms with Crippen LogP contribution in [0.3, 0.4) is 0 Å². The fourth-order valence-electron chi connectivity index (χ4n) is 2.31. The Balaban J connectivity index is 2.02. The van der Waals surface area contributed by atoms with Gasteiger partial charge in [0.25, 0.3) is 0 Å². The molecular formula is C8H12ClNO. The van der Waals surface area contributed by atoms with Crippen LogP contribution in [0.5, 0.6) is 0 Å². The molecule has 1 saturated carbocycles. The second kappa shape index (κ2) is 2.67. The molecule has 2 nitrogen and oxygen atoms in total. The Hall–Kier alpha value is -0.240. The van der Waals surface area contributed by atoms with E-state index in [1.165, 1.54) is 19.3 Å². The molecule has 1 saturated heterocycles. The summed E-state index contributed by atoms with van der Waals surface area (Å²) >= 11 is 5.48. The van der Waals surface area contributed by atoms with Crippen LogP contribution in [0.2, 0.25) is 0 Å². The van der Waals surface area contributed by atoms with Crippen molar-refractivity contribution >= 4 is 17.5 Å². The predicted molar refractivity (Wildman–Crippen MR) is 43.6 cm³/mol. The van der Waals surface area contributed by atoms with Gasteiger partial charge in [0, 0.05) is 12.6 Å². The molecule has 0 aromatic rings. The number of fused-ring (bicyclic) bond motifs is 2. The number of halogens is 1. The van der Waals surface area contributed by atoms with Crippen LogP contribution in [0, 0.1) is 5.92 Å². The number of amides is 1. The van der Waals surface area contributed by atoms with Gasteiger partial charge in [-0.15, -0.1) is 11.6 Å². The number of carbonyl (C=O) groups is 1. The Bertz CT molecular complexity index is 183. The fraction of sp³-hybridized carbons (Fsp3) is 0.875. The van der Waals surface area contributed by atoms with E-state index in [-0.39, 0.29) is 11.8 Å². The summed E-state index contributed by atoms with van der Waals surface area (Å²) < 4.78 is 0. The summed E-state index contributed by atoms with van der Waals surface area (Å²) in [5, 5.41) is 0. The first-order valence-corrected chi connectivity index (χ1v) is 4.70. The first-order valence-electron chi connectivity index (χ1n) is 4.16. The van der Waals surface area contributed by atoms with Crippen LogP contribution >= 0.6 is 11.6 Å². The average molecular weight is 174 g/mol. The van der Waals surface area contributed by atoms with E-state index in [1.807, 2.05) is 4.90 Å². The van der Waals surface area contributed by atoms with Gasteiger partial charge in [-0.05, 0) is 25.2 Å². The number of hydrogen-bond acceptors (Lipinski definition) is 1. The van der Waals surface area contributed by atoms with Gasteiger partial charge in [-0.1, -0.05) is 0 Å². The average Bonchev–Trinajstić information content (AvgIpc) is 2.62. The zero-order valence-corrected chi connectivity index (χ0v) is 7.18. The maximum atomic E-state index is 11.2. The van der Waals surface area contributed by atoms with Crippen LogP contribution in [-0.4, -0.2) is 29.3 Å². The van der Waals surface area contributed by atoms with Crippen molar-refractivity contribution in [3.8, 4) is 0 Å². The van der Waals surface area contributed by atoms with Gasteiger partial charge < -0.3 is 4.90 Å². The van der Waals surface area contributed by atoms with Crippen molar-refractivity contribution in [2.75, 3.05) is 12.4 Å². The maximum absolute atomic E-state index is 11.2. The molecule has 2 aliphatic rings. The van der Waals surface area contributed by atoms with Crippen molar-refractivity contribution in [2.45, 2.75) is 25.3 Å². The van der Waals surface area contributed by atoms with E-state index in [1.54, 1.807) is 0 Å². The highest BCUT2D eigenvalue weighted by Gasteiger charge is 2.39. The zero-order chi connectivity index (χ0) is 7.84. The molecule has 2 unspecified atom stereocenters. The molecule has 11 heavy (non-hydrogen) atoms. The molecule has 2 rings (SSSR count). The molecule has 1 aliphatic carbocycles. The SMILES string of the molecule is O=C(CCl)N1CC2CCC1C2. The number of likely N-dealkylation sites (tertiary alicyclic amines) is 1. The molecule has 2 atom stereocenters. The van der Waals surface area contributed by atoms with Crippen molar-refractivity contribution in [1.29, 1.82) is 0 Å². The van der Waals surface area contributed by atoms with Crippen LogP contribution in [0.25, 0.3) is 0 Å². The first kappa shape index (κ1) is 7.41. The van der Waals surface area contributed by atoms with Crippen molar-refractivity contribution in [2.24, 2.45) is 5.92 Å². The van der Waals surface area contributed by atoms with Gasteiger partial charge in [-0.2, -0.15) is 0 Å². The highest BCUT2D eigenvalue weighted by molar-refractivity contribution is 6.27. The predicted octanol–water partition coefficient (Wildman–Crippen LogP) is 1.24. The largest absolute Gasteiger partial charge is 0.338 e. The maximum Gasteiger partial charge on any atom is 0.237 e. The van der Waals surface area contributed by atoms with Crippen LogP contribution < -0.4 is 0 Å². The van der Waals surface area contributed by atoms with Gasteiger partial charge in [0.05, 0.1) is 0 Å².